The van der Waals surface area contributed by atoms with Gasteiger partial charge in [0.15, 0.2) is 0 Å². The molecule has 0 bridgehead atoms. The van der Waals surface area contributed by atoms with Crippen LogP contribution in [0.25, 0.3) is 0 Å². The highest BCUT2D eigenvalue weighted by molar-refractivity contribution is 6.31. The molecule has 2 heterocycles. The zero-order valence-electron chi connectivity index (χ0n) is 15.5. The van der Waals surface area contributed by atoms with Crippen LogP contribution in [-0.4, -0.2) is 51.6 Å². The predicted molar refractivity (Wildman–Crippen MR) is 104 cm³/mol. The van der Waals surface area contributed by atoms with Gasteiger partial charge in [0.25, 0.3) is 0 Å². The summed E-state index contributed by atoms with van der Waals surface area (Å²) in [6.07, 6.45) is 3.54. The number of hydrogen-bond donors (Lipinski definition) is 2. The second-order valence-corrected chi connectivity index (χ2v) is 7.76. The van der Waals surface area contributed by atoms with Crippen LogP contribution in [-0.2, 0) is 32.9 Å². The number of nitrogens with one attached hydrogen (secondary N) is 2. The minimum atomic E-state index is -0.104. The Kier molecular flexibility index (Phi) is 5.31. The van der Waals surface area contributed by atoms with Gasteiger partial charge in [0.2, 0.25) is 0 Å². The molecule has 0 saturated carbocycles. The van der Waals surface area contributed by atoms with Crippen LogP contribution in [0, 0.1) is 0 Å². The normalized spacial score (nSPS) is 19.3. The van der Waals surface area contributed by atoms with E-state index in [9.17, 15) is 4.79 Å². The van der Waals surface area contributed by atoms with E-state index in [-0.39, 0.29) is 12.1 Å². The van der Waals surface area contributed by atoms with E-state index in [0.717, 1.165) is 56.0 Å². The number of nitrogens with zero attached hydrogens (tertiary/aromatic N) is 4. The summed E-state index contributed by atoms with van der Waals surface area (Å²) >= 11 is 6.27. The van der Waals surface area contributed by atoms with Gasteiger partial charge in [0, 0.05) is 50.7 Å². The number of hydrogen-bond acceptors (Lipinski definition) is 4. The lowest BCUT2D eigenvalue weighted by molar-refractivity contribution is 0.226. The number of amides is 2. The largest absolute Gasteiger partial charge is 0.337 e. The molecule has 8 heteroatoms. The summed E-state index contributed by atoms with van der Waals surface area (Å²) in [6.45, 7) is 3.32. The van der Waals surface area contributed by atoms with Gasteiger partial charge in [-0.05, 0) is 36.5 Å². The number of urea groups is 1. The zero-order valence-corrected chi connectivity index (χ0v) is 16.3. The topological polar surface area (TPSA) is 75.1 Å². The van der Waals surface area contributed by atoms with Crippen LogP contribution >= 0.6 is 11.6 Å². The van der Waals surface area contributed by atoms with Crippen molar-refractivity contribution in [3.8, 4) is 0 Å². The molecule has 2 aliphatic rings. The average molecular weight is 389 g/mol. The fourth-order valence-corrected chi connectivity index (χ4v) is 4.32. The molecular weight excluding hydrogens is 364 g/mol. The number of rotatable bonds is 4. The molecular formula is C19H25ClN6O. The number of halogens is 1. The summed E-state index contributed by atoms with van der Waals surface area (Å²) in [6, 6.07) is 6.11. The van der Waals surface area contributed by atoms with E-state index >= 15 is 0 Å². The zero-order chi connectivity index (χ0) is 18.8. The van der Waals surface area contributed by atoms with Gasteiger partial charge in [-0.1, -0.05) is 28.9 Å². The first-order chi connectivity index (χ1) is 13.1. The van der Waals surface area contributed by atoms with Crippen LogP contribution < -0.4 is 10.6 Å². The quantitative estimate of drug-likeness (QED) is 0.835. The maximum Gasteiger partial charge on any atom is 0.315 e. The van der Waals surface area contributed by atoms with E-state index in [4.69, 9.17) is 11.6 Å². The Hall–Kier alpha value is -2.12. The van der Waals surface area contributed by atoms with Crippen molar-refractivity contribution in [2.45, 2.75) is 38.3 Å². The van der Waals surface area contributed by atoms with Gasteiger partial charge in [-0.15, -0.1) is 5.10 Å². The third kappa shape index (κ3) is 4.09. The molecule has 1 unspecified atom stereocenters. The van der Waals surface area contributed by atoms with Crippen LogP contribution in [0.2, 0.25) is 5.02 Å². The molecule has 27 heavy (non-hydrogen) atoms. The molecule has 7 nitrogen and oxygen atoms in total. The van der Waals surface area contributed by atoms with Crippen LogP contribution in [0.5, 0.6) is 0 Å². The van der Waals surface area contributed by atoms with Gasteiger partial charge in [0.1, 0.15) is 0 Å². The van der Waals surface area contributed by atoms with Crippen molar-refractivity contribution < 1.29 is 4.79 Å². The Bertz CT molecular complexity index is 836. The van der Waals surface area contributed by atoms with E-state index < -0.39 is 0 Å². The number of carbonyl (C=O) groups is 1. The Morgan fingerprint density at radius 2 is 2.26 bits per heavy atom. The van der Waals surface area contributed by atoms with E-state index in [1.165, 1.54) is 16.8 Å². The van der Waals surface area contributed by atoms with E-state index in [1.54, 1.807) is 0 Å². The smallest absolute Gasteiger partial charge is 0.315 e. The van der Waals surface area contributed by atoms with Crippen LogP contribution in [0.3, 0.4) is 0 Å². The minimum Gasteiger partial charge on any atom is -0.337 e. The van der Waals surface area contributed by atoms with Crippen molar-refractivity contribution in [2.24, 2.45) is 7.05 Å². The summed E-state index contributed by atoms with van der Waals surface area (Å²) < 4.78 is 1.83. The molecule has 1 atom stereocenters. The van der Waals surface area contributed by atoms with Gasteiger partial charge < -0.3 is 10.6 Å². The van der Waals surface area contributed by atoms with E-state index in [2.05, 4.69) is 31.9 Å². The van der Waals surface area contributed by atoms with Gasteiger partial charge in [-0.25, -0.2) is 4.79 Å². The standard InChI is InChI=1S/C19H25ClN6O/c1-25-18-6-5-14(11-17(18)23-24-25)22-19(27)21-8-10-26-9-7-15-13(12-26)3-2-4-16(15)20/h2-4,14H,5-12H2,1H3,(H2,21,22,27). The molecule has 2 amide bonds. The van der Waals surface area contributed by atoms with Gasteiger partial charge >= 0.3 is 6.03 Å². The lowest BCUT2D eigenvalue weighted by Gasteiger charge is -2.29. The van der Waals surface area contributed by atoms with E-state index in [1.807, 2.05) is 23.9 Å². The summed E-state index contributed by atoms with van der Waals surface area (Å²) in [5, 5.41) is 15.2. The fraction of sp³-hybridized carbons (Fsp3) is 0.526. The first-order valence-electron chi connectivity index (χ1n) is 9.50. The van der Waals surface area contributed by atoms with E-state index in [0.29, 0.717) is 6.54 Å². The Balaban J connectivity index is 1.20. The predicted octanol–water partition coefficient (Wildman–Crippen LogP) is 1.68. The summed E-state index contributed by atoms with van der Waals surface area (Å²) in [5.41, 5.74) is 4.74. The van der Waals surface area contributed by atoms with Crippen LogP contribution in [0.15, 0.2) is 18.2 Å². The number of fused-ring (bicyclic) bond motifs is 2. The lowest BCUT2D eigenvalue weighted by Crippen LogP contribution is -2.46. The summed E-state index contributed by atoms with van der Waals surface area (Å²) in [7, 11) is 1.92. The molecule has 0 radical (unpaired) electrons. The molecule has 2 aromatic rings. The Morgan fingerprint density at radius 1 is 1.37 bits per heavy atom. The highest BCUT2D eigenvalue weighted by Crippen LogP contribution is 2.25. The SMILES string of the molecule is Cn1nnc2c1CCC(NC(=O)NCCN1CCc3c(Cl)cccc3C1)C2. The molecule has 4 rings (SSSR count). The van der Waals surface area contributed by atoms with Gasteiger partial charge in [0.05, 0.1) is 11.4 Å². The first kappa shape index (κ1) is 18.3. The second kappa shape index (κ2) is 7.86. The average Bonchev–Trinajstić information content (AvgIpc) is 3.02. The number of carbonyl (C=O) groups excluding carboxylic acids is 1. The number of aromatic nitrogens is 3. The minimum absolute atomic E-state index is 0.104. The molecule has 1 aromatic heterocycles. The van der Waals surface area contributed by atoms with Crippen molar-refractivity contribution in [1.82, 2.24) is 30.5 Å². The third-order valence-electron chi connectivity index (χ3n) is 5.53. The molecule has 0 fully saturated rings. The van der Waals surface area contributed by atoms with Crippen molar-refractivity contribution in [3.63, 3.8) is 0 Å². The highest BCUT2D eigenvalue weighted by Gasteiger charge is 2.24. The Morgan fingerprint density at radius 3 is 3.15 bits per heavy atom. The summed E-state index contributed by atoms with van der Waals surface area (Å²) in [4.78, 5) is 14.6. The molecule has 0 spiro atoms. The highest BCUT2D eigenvalue weighted by atomic mass is 35.5. The molecule has 144 valence electrons. The number of benzene rings is 1. The van der Waals surface area contributed by atoms with Crippen molar-refractivity contribution in [1.29, 1.82) is 0 Å². The third-order valence-corrected chi connectivity index (χ3v) is 5.88. The molecule has 2 N–H and O–H groups in total. The molecule has 0 saturated heterocycles. The molecule has 1 aliphatic heterocycles. The molecule has 1 aliphatic carbocycles. The number of aryl methyl sites for hydroxylation is 1. The lowest BCUT2D eigenvalue weighted by atomic mass is 9.96. The maximum absolute atomic E-state index is 12.2. The van der Waals surface area contributed by atoms with Gasteiger partial charge in [-0.3, -0.25) is 9.58 Å². The maximum atomic E-state index is 12.2. The van der Waals surface area contributed by atoms with Crippen LogP contribution in [0.4, 0.5) is 4.79 Å². The first-order valence-corrected chi connectivity index (χ1v) is 9.88. The second-order valence-electron chi connectivity index (χ2n) is 7.35. The fourth-order valence-electron chi connectivity index (χ4n) is 4.03. The Labute approximate surface area is 164 Å². The van der Waals surface area contributed by atoms with Crippen LogP contribution in [0.1, 0.15) is 28.9 Å². The van der Waals surface area contributed by atoms with Crippen molar-refractivity contribution >= 4 is 17.6 Å². The summed E-state index contributed by atoms with van der Waals surface area (Å²) in [5.74, 6) is 0. The van der Waals surface area contributed by atoms with Crippen molar-refractivity contribution in [2.75, 3.05) is 19.6 Å². The van der Waals surface area contributed by atoms with Gasteiger partial charge in [-0.2, -0.15) is 0 Å². The molecule has 1 aromatic carbocycles. The van der Waals surface area contributed by atoms with Crippen molar-refractivity contribution in [3.05, 3.63) is 45.7 Å². The monoisotopic (exact) mass is 388 g/mol.